The van der Waals surface area contributed by atoms with Crippen LogP contribution in [0.25, 0.3) is 22.1 Å². The van der Waals surface area contributed by atoms with E-state index < -0.39 is 22.6 Å². The molecular weight excluding hydrogens is 440 g/mol. The molecule has 128 valence electrons. The lowest BCUT2D eigenvalue weighted by Crippen LogP contribution is -2.10. The molecule has 2 aromatic heterocycles. The van der Waals surface area contributed by atoms with Gasteiger partial charge in [-0.15, -0.1) is 11.3 Å². The Morgan fingerprint density at radius 1 is 1.32 bits per heavy atom. The molecule has 1 N–H and O–H groups in total. The molecule has 0 atom stereocenters. The molecule has 0 saturated carbocycles. The van der Waals surface area contributed by atoms with E-state index in [0.717, 1.165) is 6.07 Å². The SMILES string of the molecule is O=C(O)c1c(CBr)nc(-c2nccs2)nc1-c1ccc(F)c(F)c1Cl. The van der Waals surface area contributed by atoms with Crippen molar-refractivity contribution in [1.82, 2.24) is 15.0 Å². The first-order chi connectivity index (χ1) is 11.9. The number of benzene rings is 1. The maximum absolute atomic E-state index is 13.8. The van der Waals surface area contributed by atoms with Gasteiger partial charge in [0.1, 0.15) is 5.56 Å². The predicted molar refractivity (Wildman–Crippen MR) is 93.1 cm³/mol. The minimum absolute atomic E-state index is 0.0413. The van der Waals surface area contributed by atoms with Crippen molar-refractivity contribution < 1.29 is 18.7 Å². The van der Waals surface area contributed by atoms with Crippen LogP contribution in [0, 0.1) is 11.6 Å². The first kappa shape index (κ1) is 17.8. The summed E-state index contributed by atoms with van der Waals surface area (Å²) in [7, 11) is 0. The van der Waals surface area contributed by atoms with Gasteiger partial charge in [0.05, 0.1) is 16.4 Å². The number of hydrogen-bond donors (Lipinski definition) is 1. The summed E-state index contributed by atoms with van der Waals surface area (Å²) in [5.41, 5.74) is -0.222. The molecule has 3 rings (SSSR count). The zero-order chi connectivity index (χ0) is 18.1. The molecule has 10 heteroatoms. The maximum atomic E-state index is 13.8. The normalized spacial score (nSPS) is 10.9. The number of halogens is 4. The van der Waals surface area contributed by atoms with Crippen LogP contribution in [0.2, 0.25) is 5.02 Å². The van der Waals surface area contributed by atoms with Gasteiger partial charge >= 0.3 is 5.97 Å². The summed E-state index contributed by atoms with van der Waals surface area (Å²) >= 11 is 10.3. The lowest BCUT2D eigenvalue weighted by molar-refractivity contribution is 0.0696. The summed E-state index contributed by atoms with van der Waals surface area (Å²) in [5, 5.41) is 11.3. The van der Waals surface area contributed by atoms with Crippen LogP contribution in [-0.4, -0.2) is 26.0 Å². The van der Waals surface area contributed by atoms with E-state index in [2.05, 4.69) is 30.9 Å². The molecule has 0 radical (unpaired) electrons. The van der Waals surface area contributed by atoms with Gasteiger partial charge in [-0.2, -0.15) is 0 Å². The van der Waals surface area contributed by atoms with E-state index in [4.69, 9.17) is 11.6 Å². The van der Waals surface area contributed by atoms with Crippen LogP contribution in [0.4, 0.5) is 8.78 Å². The van der Waals surface area contributed by atoms with Gasteiger partial charge in [0, 0.05) is 22.5 Å². The van der Waals surface area contributed by atoms with Crippen LogP contribution in [-0.2, 0) is 5.33 Å². The van der Waals surface area contributed by atoms with Crippen molar-refractivity contribution in [2.75, 3.05) is 0 Å². The van der Waals surface area contributed by atoms with Crippen molar-refractivity contribution >= 4 is 44.8 Å². The highest BCUT2D eigenvalue weighted by molar-refractivity contribution is 9.08. The number of thiazole rings is 1. The number of rotatable bonds is 4. The van der Waals surface area contributed by atoms with E-state index in [1.54, 1.807) is 11.6 Å². The minimum atomic E-state index is -1.31. The average molecular weight is 447 g/mol. The monoisotopic (exact) mass is 445 g/mol. The van der Waals surface area contributed by atoms with Gasteiger partial charge in [-0.3, -0.25) is 0 Å². The number of aromatic carboxylic acids is 1. The Bertz CT molecular complexity index is 970. The fourth-order valence-corrected chi connectivity index (χ4v) is 3.38. The van der Waals surface area contributed by atoms with Crippen molar-refractivity contribution in [3.8, 4) is 22.1 Å². The Morgan fingerprint density at radius 3 is 2.68 bits per heavy atom. The third-order valence-electron chi connectivity index (χ3n) is 3.24. The molecular formula is C15H7BrClF2N3O2S. The lowest BCUT2D eigenvalue weighted by Gasteiger charge is -2.12. The highest BCUT2D eigenvalue weighted by Gasteiger charge is 2.25. The Labute approximate surface area is 157 Å². The summed E-state index contributed by atoms with van der Waals surface area (Å²) in [6, 6.07) is 2.04. The lowest BCUT2D eigenvalue weighted by atomic mass is 10.0. The maximum Gasteiger partial charge on any atom is 0.339 e. The zero-order valence-corrected chi connectivity index (χ0v) is 15.3. The molecule has 0 aliphatic heterocycles. The Balaban J connectivity index is 2.36. The van der Waals surface area contributed by atoms with E-state index in [9.17, 15) is 18.7 Å². The fourth-order valence-electron chi connectivity index (χ4n) is 2.16. The largest absolute Gasteiger partial charge is 0.478 e. The molecule has 0 unspecified atom stereocenters. The summed E-state index contributed by atoms with van der Waals surface area (Å²) < 4.78 is 27.2. The molecule has 0 amide bonds. The molecule has 0 bridgehead atoms. The molecule has 1 aromatic carbocycles. The van der Waals surface area contributed by atoms with Crippen molar-refractivity contribution in [1.29, 1.82) is 0 Å². The number of hydrogen-bond acceptors (Lipinski definition) is 5. The van der Waals surface area contributed by atoms with Gasteiger partial charge in [-0.05, 0) is 12.1 Å². The first-order valence-corrected chi connectivity index (χ1v) is 9.05. The molecule has 2 heterocycles. The second-order valence-electron chi connectivity index (χ2n) is 4.72. The van der Waals surface area contributed by atoms with Crippen LogP contribution in [0.5, 0.6) is 0 Å². The van der Waals surface area contributed by atoms with E-state index >= 15 is 0 Å². The highest BCUT2D eigenvalue weighted by Crippen LogP contribution is 2.35. The summed E-state index contributed by atoms with van der Waals surface area (Å²) in [6.07, 6.45) is 1.55. The molecule has 25 heavy (non-hydrogen) atoms. The van der Waals surface area contributed by atoms with Crippen molar-refractivity contribution in [2.24, 2.45) is 0 Å². The third kappa shape index (κ3) is 3.26. The van der Waals surface area contributed by atoms with Gasteiger partial charge in [0.2, 0.25) is 0 Å². The van der Waals surface area contributed by atoms with Gasteiger partial charge < -0.3 is 5.11 Å². The van der Waals surface area contributed by atoms with E-state index in [1.165, 1.54) is 17.4 Å². The Kier molecular flexibility index (Phi) is 5.07. The van der Waals surface area contributed by atoms with Gasteiger partial charge in [-0.1, -0.05) is 27.5 Å². The predicted octanol–water partition coefficient (Wildman–Crippen LogP) is 4.79. The fraction of sp³-hybridized carbons (Fsp3) is 0.0667. The van der Waals surface area contributed by atoms with Crippen molar-refractivity contribution in [2.45, 2.75) is 5.33 Å². The second-order valence-corrected chi connectivity index (χ2v) is 6.55. The number of aromatic nitrogens is 3. The van der Waals surface area contributed by atoms with Crippen LogP contribution in [0.15, 0.2) is 23.7 Å². The minimum Gasteiger partial charge on any atom is -0.478 e. The summed E-state index contributed by atoms with van der Waals surface area (Å²) in [6.45, 7) is 0. The summed E-state index contributed by atoms with van der Waals surface area (Å²) in [4.78, 5) is 24.2. The van der Waals surface area contributed by atoms with Gasteiger partial charge in [0.15, 0.2) is 22.5 Å². The summed E-state index contributed by atoms with van der Waals surface area (Å²) in [5.74, 6) is -3.55. The van der Waals surface area contributed by atoms with Crippen molar-refractivity contribution in [3.63, 3.8) is 0 Å². The smallest absolute Gasteiger partial charge is 0.339 e. The second kappa shape index (κ2) is 7.11. The number of carboxylic acid groups (broad SMARTS) is 1. The molecule has 3 aromatic rings. The number of nitrogens with zero attached hydrogens (tertiary/aromatic N) is 3. The Hall–Kier alpha value is -1.97. The number of alkyl halides is 1. The Morgan fingerprint density at radius 2 is 2.08 bits per heavy atom. The molecule has 0 spiro atoms. The third-order valence-corrected chi connectivity index (χ3v) is 4.91. The van der Waals surface area contributed by atoms with Crippen LogP contribution in [0.1, 0.15) is 16.1 Å². The van der Waals surface area contributed by atoms with Crippen LogP contribution >= 0.6 is 38.9 Å². The molecule has 5 nitrogen and oxygen atoms in total. The van der Waals surface area contributed by atoms with E-state index in [0.29, 0.717) is 5.01 Å². The topological polar surface area (TPSA) is 76.0 Å². The van der Waals surface area contributed by atoms with Crippen molar-refractivity contribution in [3.05, 3.63) is 51.6 Å². The van der Waals surface area contributed by atoms with Gasteiger partial charge in [0.25, 0.3) is 0 Å². The zero-order valence-electron chi connectivity index (χ0n) is 12.1. The number of carboxylic acids is 1. The average Bonchev–Trinajstić information content (AvgIpc) is 3.13. The van der Waals surface area contributed by atoms with E-state index in [-0.39, 0.29) is 33.7 Å². The molecule has 0 aliphatic rings. The van der Waals surface area contributed by atoms with Crippen LogP contribution in [0.3, 0.4) is 0 Å². The molecule has 0 saturated heterocycles. The van der Waals surface area contributed by atoms with Crippen LogP contribution < -0.4 is 0 Å². The molecule has 0 fully saturated rings. The number of carbonyl (C=O) groups is 1. The van der Waals surface area contributed by atoms with Gasteiger partial charge in [-0.25, -0.2) is 28.5 Å². The highest BCUT2D eigenvalue weighted by atomic mass is 79.9. The standard InChI is InChI=1S/C15H7BrClF2N3O2S/c16-5-8-9(15(23)24)12(6-1-2-7(18)11(19)10(6)17)22-13(21-8)14-20-3-4-25-14/h1-4H,5H2,(H,23,24). The first-order valence-electron chi connectivity index (χ1n) is 6.68. The quantitative estimate of drug-likeness (QED) is 0.460. The molecule has 0 aliphatic carbocycles. The van der Waals surface area contributed by atoms with E-state index in [1.807, 2.05) is 0 Å².